The molecular weight excluding hydrogens is 338 g/mol. The Bertz CT molecular complexity index is 1250. The molecule has 27 heavy (non-hydrogen) atoms. The molecular formula is C21H19N5O. The van der Waals surface area contributed by atoms with E-state index in [-0.39, 0.29) is 5.56 Å². The van der Waals surface area contributed by atoms with Crippen molar-refractivity contribution in [1.29, 1.82) is 5.41 Å². The first-order chi connectivity index (χ1) is 13.1. The Morgan fingerprint density at radius 1 is 1.15 bits per heavy atom. The van der Waals surface area contributed by atoms with Crippen LogP contribution >= 0.6 is 0 Å². The monoisotopic (exact) mass is 357 g/mol. The van der Waals surface area contributed by atoms with Gasteiger partial charge in [-0.15, -0.1) is 0 Å². The Labute approximate surface area is 155 Å². The molecule has 0 atom stereocenters. The number of nitrogens with zero attached hydrogens (tertiary/aromatic N) is 3. The third-order valence-electron chi connectivity index (χ3n) is 4.65. The Hall–Kier alpha value is -3.67. The molecule has 0 radical (unpaired) electrons. The van der Waals surface area contributed by atoms with Crippen LogP contribution in [0.4, 0.5) is 0 Å². The minimum atomic E-state index is -0.0717. The highest BCUT2D eigenvalue weighted by Gasteiger charge is 2.14. The van der Waals surface area contributed by atoms with E-state index in [4.69, 9.17) is 10.5 Å². The summed E-state index contributed by atoms with van der Waals surface area (Å²) in [6.07, 6.45) is 3.04. The van der Waals surface area contributed by atoms with Crippen molar-refractivity contribution in [3.8, 4) is 11.3 Å². The minimum Gasteiger partial charge on any atom is -0.393 e. The van der Waals surface area contributed by atoms with Gasteiger partial charge < -0.3 is 10.7 Å². The fraction of sp³-hybridized carbons (Fsp3) is 0.0952. The standard InChI is InChI=1S/C21H19N5O/c1-23-13-16(12-22)15-8-9-17-19(10-15)26-20(25(2)21(17)27)11-18(24-26)14-6-4-3-5-7-14/h3-13,22-23H,1-2H3/b16-13+,22-12?. The highest BCUT2D eigenvalue weighted by molar-refractivity contribution is 6.09. The van der Waals surface area contributed by atoms with Gasteiger partial charge in [0.25, 0.3) is 5.56 Å². The van der Waals surface area contributed by atoms with Gasteiger partial charge in [-0.05, 0) is 17.7 Å². The van der Waals surface area contributed by atoms with E-state index in [1.165, 1.54) is 6.21 Å². The van der Waals surface area contributed by atoms with Crippen molar-refractivity contribution in [3.63, 3.8) is 0 Å². The van der Waals surface area contributed by atoms with Crippen LogP contribution in [0.15, 0.2) is 65.6 Å². The van der Waals surface area contributed by atoms with E-state index >= 15 is 0 Å². The zero-order valence-corrected chi connectivity index (χ0v) is 15.1. The van der Waals surface area contributed by atoms with E-state index in [1.54, 1.807) is 35.4 Å². The Morgan fingerprint density at radius 2 is 1.93 bits per heavy atom. The average Bonchev–Trinajstić information content (AvgIpc) is 3.16. The van der Waals surface area contributed by atoms with Gasteiger partial charge in [0.05, 0.1) is 16.6 Å². The van der Waals surface area contributed by atoms with Gasteiger partial charge in [-0.25, -0.2) is 4.52 Å². The lowest BCUT2D eigenvalue weighted by Gasteiger charge is -2.08. The minimum absolute atomic E-state index is 0.0717. The van der Waals surface area contributed by atoms with Crippen molar-refractivity contribution in [2.45, 2.75) is 0 Å². The molecule has 2 N–H and O–H groups in total. The first-order valence-electron chi connectivity index (χ1n) is 8.60. The number of hydrogen-bond donors (Lipinski definition) is 2. The first kappa shape index (κ1) is 16.8. The number of fused-ring (bicyclic) bond motifs is 3. The second-order valence-electron chi connectivity index (χ2n) is 6.29. The maximum Gasteiger partial charge on any atom is 0.261 e. The number of allylic oxidation sites excluding steroid dienone is 1. The van der Waals surface area contributed by atoms with Crippen LogP contribution in [0.2, 0.25) is 0 Å². The summed E-state index contributed by atoms with van der Waals surface area (Å²) in [5.74, 6) is 0. The van der Waals surface area contributed by atoms with Gasteiger partial charge in [-0.2, -0.15) is 5.10 Å². The predicted octanol–water partition coefficient (Wildman–Crippen LogP) is 3.06. The molecule has 0 fully saturated rings. The van der Waals surface area contributed by atoms with Crippen molar-refractivity contribution >= 4 is 28.3 Å². The largest absolute Gasteiger partial charge is 0.393 e. The Kier molecular flexibility index (Phi) is 4.08. The third kappa shape index (κ3) is 2.71. The van der Waals surface area contributed by atoms with Crippen molar-refractivity contribution in [2.24, 2.45) is 7.05 Å². The lowest BCUT2D eigenvalue weighted by atomic mass is 10.1. The van der Waals surface area contributed by atoms with Gasteiger partial charge in [0.15, 0.2) is 0 Å². The summed E-state index contributed by atoms with van der Waals surface area (Å²) < 4.78 is 3.41. The molecule has 2 heterocycles. The van der Waals surface area contributed by atoms with Gasteiger partial charge >= 0.3 is 0 Å². The molecule has 2 aromatic heterocycles. The van der Waals surface area contributed by atoms with E-state index in [2.05, 4.69) is 5.32 Å². The maximum absolute atomic E-state index is 12.8. The van der Waals surface area contributed by atoms with Crippen LogP contribution in [-0.4, -0.2) is 27.4 Å². The lowest BCUT2D eigenvalue weighted by Crippen LogP contribution is -2.19. The molecule has 0 aliphatic rings. The number of rotatable bonds is 4. The number of aryl methyl sites for hydroxylation is 1. The normalized spacial score (nSPS) is 11.9. The van der Waals surface area contributed by atoms with E-state index in [9.17, 15) is 4.79 Å². The SMILES string of the molecule is CN/C=C(\C=N)c1ccc2c(=O)n(C)c3cc(-c4ccccc4)nn3c2c1. The Balaban J connectivity index is 2.05. The van der Waals surface area contributed by atoms with Gasteiger partial charge in [-0.1, -0.05) is 36.4 Å². The summed E-state index contributed by atoms with van der Waals surface area (Å²) in [6.45, 7) is 0. The highest BCUT2D eigenvalue weighted by atomic mass is 16.1. The number of hydrogen-bond acceptors (Lipinski definition) is 4. The fourth-order valence-corrected chi connectivity index (χ4v) is 3.25. The molecule has 134 valence electrons. The molecule has 4 aromatic rings. The van der Waals surface area contributed by atoms with Crippen molar-refractivity contribution in [1.82, 2.24) is 19.5 Å². The lowest BCUT2D eigenvalue weighted by molar-refractivity contribution is 0.850. The summed E-state index contributed by atoms with van der Waals surface area (Å²) in [4.78, 5) is 12.8. The van der Waals surface area contributed by atoms with Crippen LogP contribution < -0.4 is 10.9 Å². The zero-order valence-electron chi connectivity index (χ0n) is 15.1. The van der Waals surface area contributed by atoms with Gasteiger partial charge in [-0.3, -0.25) is 9.36 Å². The summed E-state index contributed by atoms with van der Waals surface area (Å²) >= 11 is 0. The second kappa shape index (κ2) is 6.57. The molecule has 0 spiro atoms. The van der Waals surface area contributed by atoms with Crippen molar-refractivity contribution < 1.29 is 0 Å². The van der Waals surface area contributed by atoms with Crippen molar-refractivity contribution in [2.75, 3.05) is 7.05 Å². The predicted molar refractivity (Wildman–Crippen MR) is 109 cm³/mol. The molecule has 0 saturated carbocycles. The van der Waals surface area contributed by atoms with E-state index in [0.717, 1.165) is 33.6 Å². The van der Waals surface area contributed by atoms with Crippen LogP contribution in [0.5, 0.6) is 0 Å². The number of nitrogens with one attached hydrogen (secondary N) is 2. The summed E-state index contributed by atoms with van der Waals surface area (Å²) in [6, 6.07) is 17.4. The second-order valence-corrected chi connectivity index (χ2v) is 6.29. The molecule has 0 saturated heterocycles. The summed E-state index contributed by atoms with van der Waals surface area (Å²) in [5.41, 5.74) is 4.74. The quantitative estimate of drug-likeness (QED) is 0.551. The van der Waals surface area contributed by atoms with Crippen LogP contribution in [0, 0.1) is 5.41 Å². The van der Waals surface area contributed by atoms with E-state index in [0.29, 0.717) is 5.39 Å². The first-order valence-corrected chi connectivity index (χ1v) is 8.60. The molecule has 0 amide bonds. The highest BCUT2D eigenvalue weighted by Crippen LogP contribution is 2.23. The molecule has 0 unspecified atom stereocenters. The van der Waals surface area contributed by atoms with Crippen molar-refractivity contribution in [3.05, 3.63) is 76.7 Å². The van der Waals surface area contributed by atoms with Gasteiger partial charge in [0.1, 0.15) is 5.65 Å². The Morgan fingerprint density at radius 3 is 2.63 bits per heavy atom. The molecule has 6 heteroatoms. The van der Waals surface area contributed by atoms with Crippen LogP contribution in [0.1, 0.15) is 5.56 Å². The summed E-state index contributed by atoms with van der Waals surface area (Å²) in [5, 5.41) is 15.9. The van der Waals surface area contributed by atoms with Crippen LogP contribution in [0.25, 0.3) is 33.4 Å². The smallest absolute Gasteiger partial charge is 0.261 e. The molecule has 2 aromatic carbocycles. The molecule has 0 aliphatic carbocycles. The van der Waals surface area contributed by atoms with E-state index in [1.807, 2.05) is 48.5 Å². The van der Waals surface area contributed by atoms with E-state index < -0.39 is 0 Å². The zero-order chi connectivity index (χ0) is 19.0. The summed E-state index contributed by atoms with van der Waals surface area (Å²) in [7, 11) is 3.55. The maximum atomic E-state index is 12.8. The molecule has 0 aliphatic heterocycles. The average molecular weight is 357 g/mol. The number of benzene rings is 2. The van der Waals surface area contributed by atoms with Crippen LogP contribution in [0.3, 0.4) is 0 Å². The molecule has 4 rings (SSSR count). The fourth-order valence-electron chi connectivity index (χ4n) is 3.25. The number of aromatic nitrogens is 3. The van der Waals surface area contributed by atoms with Gasteiger partial charge in [0.2, 0.25) is 0 Å². The van der Waals surface area contributed by atoms with Gasteiger partial charge in [0, 0.05) is 43.7 Å². The molecule has 0 bridgehead atoms. The molecule has 6 nitrogen and oxygen atoms in total. The topological polar surface area (TPSA) is 75.2 Å². The third-order valence-corrected chi connectivity index (χ3v) is 4.65. The van der Waals surface area contributed by atoms with Crippen LogP contribution in [-0.2, 0) is 7.05 Å².